The molecule has 0 aromatic carbocycles. The zero-order chi connectivity index (χ0) is 14.6. The van der Waals surface area contributed by atoms with Gasteiger partial charge in [-0.2, -0.15) is 4.31 Å². The summed E-state index contributed by atoms with van der Waals surface area (Å²) in [7, 11) is -3.45. The molecule has 1 aliphatic heterocycles. The van der Waals surface area contributed by atoms with Gasteiger partial charge in [0.1, 0.15) is 4.90 Å². The minimum Gasteiger partial charge on any atom is -0.317 e. The van der Waals surface area contributed by atoms with Crippen LogP contribution >= 0.6 is 0 Å². The fraction of sp³-hybridized carbons (Fsp3) is 0.643. The summed E-state index contributed by atoms with van der Waals surface area (Å²) in [5.41, 5.74) is 0. The van der Waals surface area contributed by atoms with E-state index in [2.05, 4.69) is 10.3 Å². The van der Waals surface area contributed by atoms with Gasteiger partial charge in [0, 0.05) is 25.0 Å². The van der Waals surface area contributed by atoms with Crippen molar-refractivity contribution in [1.82, 2.24) is 14.6 Å². The van der Waals surface area contributed by atoms with E-state index >= 15 is 0 Å². The van der Waals surface area contributed by atoms with Crippen molar-refractivity contribution in [3.05, 3.63) is 24.5 Å². The van der Waals surface area contributed by atoms with Crippen molar-refractivity contribution < 1.29 is 8.42 Å². The monoisotopic (exact) mass is 297 g/mol. The Morgan fingerprint density at radius 3 is 2.65 bits per heavy atom. The van der Waals surface area contributed by atoms with Crippen molar-refractivity contribution in [2.75, 3.05) is 19.6 Å². The largest absolute Gasteiger partial charge is 0.317 e. The maximum absolute atomic E-state index is 12.7. The molecular weight excluding hydrogens is 274 g/mol. The smallest absolute Gasteiger partial charge is 0.244 e. The first kappa shape index (κ1) is 15.4. The topological polar surface area (TPSA) is 62.3 Å². The molecule has 0 spiro atoms. The van der Waals surface area contributed by atoms with Crippen LogP contribution in [0.25, 0.3) is 0 Å². The molecule has 0 radical (unpaired) electrons. The fourth-order valence-electron chi connectivity index (χ4n) is 2.54. The van der Waals surface area contributed by atoms with Crippen LogP contribution in [-0.2, 0) is 10.0 Å². The Kier molecular flexibility index (Phi) is 5.12. The van der Waals surface area contributed by atoms with E-state index in [-0.39, 0.29) is 10.9 Å². The predicted octanol–water partition coefficient (Wildman–Crippen LogP) is 1.48. The van der Waals surface area contributed by atoms with Gasteiger partial charge in [-0.1, -0.05) is 0 Å². The third-order valence-electron chi connectivity index (χ3n) is 3.71. The molecule has 20 heavy (non-hydrogen) atoms. The Morgan fingerprint density at radius 1 is 1.40 bits per heavy atom. The van der Waals surface area contributed by atoms with Gasteiger partial charge in [0.2, 0.25) is 10.0 Å². The maximum atomic E-state index is 12.7. The lowest BCUT2D eigenvalue weighted by Gasteiger charge is -2.31. The first-order valence-electron chi connectivity index (χ1n) is 7.14. The molecule has 0 amide bonds. The van der Waals surface area contributed by atoms with Crippen LogP contribution < -0.4 is 5.32 Å². The average molecular weight is 297 g/mol. The molecule has 0 saturated carbocycles. The van der Waals surface area contributed by atoms with E-state index in [1.54, 1.807) is 22.6 Å². The van der Waals surface area contributed by atoms with E-state index in [1.165, 1.54) is 6.20 Å². The highest BCUT2D eigenvalue weighted by molar-refractivity contribution is 7.89. The van der Waals surface area contributed by atoms with Crippen LogP contribution in [0.1, 0.15) is 26.7 Å². The number of nitrogens with zero attached hydrogens (tertiary/aromatic N) is 2. The van der Waals surface area contributed by atoms with Gasteiger partial charge in [0.15, 0.2) is 0 Å². The van der Waals surface area contributed by atoms with Gasteiger partial charge in [-0.3, -0.25) is 4.98 Å². The van der Waals surface area contributed by atoms with Crippen LogP contribution in [0.5, 0.6) is 0 Å². The number of hydrogen-bond donors (Lipinski definition) is 1. The molecule has 1 N–H and O–H groups in total. The molecule has 1 aromatic rings. The molecule has 112 valence electrons. The third-order valence-corrected chi connectivity index (χ3v) is 5.74. The summed E-state index contributed by atoms with van der Waals surface area (Å²) < 4.78 is 27.0. The lowest BCUT2D eigenvalue weighted by molar-refractivity contribution is 0.261. The normalized spacial score (nSPS) is 17.8. The number of rotatable bonds is 5. The van der Waals surface area contributed by atoms with Crippen molar-refractivity contribution >= 4 is 10.0 Å². The zero-order valence-corrected chi connectivity index (χ0v) is 12.9. The van der Waals surface area contributed by atoms with Gasteiger partial charge in [0.05, 0.1) is 0 Å². The van der Waals surface area contributed by atoms with Crippen LogP contribution in [0.3, 0.4) is 0 Å². The standard InChI is InChI=1S/C14H23N3O2S/c1-12(2)17(11-13-5-8-15-9-6-13)20(18,19)14-4-3-7-16-10-14/h3-4,7,10,12-13,15H,5-6,8-9,11H2,1-2H3. The van der Waals surface area contributed by atoms with Gasteiger partial charge in [0.25, 0.3) is 0 Å². The third kappa shape index (κ3) is 3.56. The second-order valence-electron chi connectivity index (χ2n) is 5.55. The number of sulfonamides is 1. The van der Waals surface area contributed by atoms with Gasteiger partial charge in [-0.15, -0.1) is 0 Å². The Hall–Kier alpha value is -0.980. The number of aromatic nitrogens is 1. The summed E-state index contributed by atoms with van der Waals surface area (Å²) >= 11 is 0. The molecule has 0 bridgehead atoms. The highest BCUT2D eigenvalue weighted by atomic mass is 32.2. The van der Waals surface area contributed by atoms with Gasteiger partial charge in [-0.05, 0) is 57.8 Å². The van der Waals surface area contributed by atoms with E-state index in [0.717, 1.165) is 25.9 Å². The summed E-state index contributed by atoms with van der Waals surface area (Å²) in [4.78, 5) is 4.20. The minimum atomic E-state index is -3.45. The summed E-state index contributed by atoms with van der Waals surface area (Å²) in [5.74, 6) is 0.435. The molecule has 0 aliphatic carbocycles. The maximum Gasteiger partial charge on any atom is 0.244 e. The van der Waals surface area contributed by atoms with Crippen LogP contribution in [0.4, 0.5) is 0 Å². The van der Waals surface area contributed by atoms with Gasteiger partial charge < -0.3 is 5.32 Å². The highest BCUT2D eigenvalue weighted by Crippen LogP contribution is 2.22. The quantitative estimate of drug-likeness (QED) is 0.894. The summed E-state index contributed by atoms with van der Waals surface area (Å²) in [6.07, 6.45) is 5.08. The lowest BCUT2D eigenvalue weighted by atomic mass is 9.98. The second kappa shape index (κ2) is 6.65. The molecular formula is C14H23N3O2S. The first-order chi connectivity index (χ1) is 9.51. The van der Waals surface area contributed by atoms with Gasteiger partial charge in [-0.25, -0.2) is 8.42 Å². The number of hydrogen-bond acceptors (Lipinski definition) is 4. The molecule has 1 fully saturated rings. The van der Waals surface area contributed by atoms with Crippen molar-refractivity contribution in [3.8, 4) is 0 Å². The zero-order valence-electron chi connectivity index (χ0n) is 12.1. The number of pyridine rings is 1. The van der Waals surface area contributed by atoms with Crippen molar-refractivity contribution in [2.45, 2.75) is 37.6 Å². The minimum absolute atomic E-state index is 0.0462. The Labute approximate surface area is 121 Å². The average Bonchev–Trinajstić information content (AvgIpc) is 2.46. The van der Waals surface area contributed by atoms with E-state index in [0.29, 0.717) is 12.5 Å². The van der Waals surface area contributed by atoms with Crippen LogP contribution in [-0.4, -0.2) is 43.4 Å². The summed E-state index contributed by atoms with van der Waals surface area (Å²) in [5, 5.41) is 3.31. The number of piperidine rings is 1. The fourth-order valence-corrected chi connectivity index (χ4v) is 4.22. The van der Waals surface area contributed by atoms with Crippen molar-refractivity contribution in [3.63, 3.8) is 0 Å². The van der Waals surface area contributed by atoms with E-state index in [1.807, 2.05) is 13.8 Å². The molecule has 2 rings (SSSR count). The van der Waals surface area contributed by atoms with Crippen molar-refractivity contribution in [2.24, 2.45) is 5.92 Å². The molecule has 1 aliphatic rings. The van der Waals surface area contributed by atoms with Crippen LogP contribution in [0, 0.1) is 5.92 Å². The molecule has 1 aromatic heterocycles. The molecule has 1 saturated heterocycles. The van der Waals surface area contributed by atoms with Crippen LogP contribution in [0.15, 0.2) is 29.4 Å². The highest BCUT2D eigenvalue weighted by Gasteiger charge is 2.29. The molecule has 6 heteroatoms. The summed E-state index contributed by atoms with van der Waals surface area (Å²) in [6, 6.07) is 3.23. The SMILES string of the molecule is CC(C)N(CC1CCNCC1)S(=O)(=O)c1cccnc1. The van der Waals surface area contributed by atoms with E-state index in [9.17, 15) is 8.42 Å². The first-order valence-corrected chi connectivity index (χ1v) is 8.58. The second-order valence-corrected chi connectivity index (χ2v) is 7.44. The van der Waals surface area contributed by atoms with E-state index in [4.69, 9.17) is 0 Å². The Morgan fingerprint density at radius 2 is 2.10 bits per heavy atom. The molecule has 5 nitrogen and oxygen atoms in total. The van der Waals surface area contributed by atoms with Crippen LogP contribution in [0.2, 0.25) is 0 Å². The Balaban J connectivity index is 2.19. The molecule has 0 unspecified atom stereocenters. The molecule has 0 atom stereocenters. The Bertz CT molecular complexity index is 510. The van der Waals surface area contributed by atoms with Gasteiger partial charge >= 0.3 is 0 Å². The molecule has 2 heterocycles. The lowest BCUT2D eigenvalue weighted by Crippen LogP contribution is -2.42. The van der Waals surface area contributed by atoms with Crippen molar-refractivity contribution in [1.29, 1.82) is 0 Å². The summed E-state index contributed by atoms with van der Waals surface area (Å²) in [6.45, 7) is 6.40. The van der Waals surface area contributed by atoms with E-state index < -0.39 is 10.0 Å². The number of nitrogens with one attached hydrogen (secondary N) is 1. The predicted molar refractivity (Wildman–Crippen MR) is 78.9 cm³/mol.